The summed E-state index contributed by atoms with van der Waals surface area (Å²) >= 11 is 0. The standard InChI is InChI=1S/C24H31F3N6O2/c1-12(34)33-7-3-6-15(11-33)30-23-29-10-18(24(25,26)27)22(32-23)31-20-14-8-16(13-4-2-5-13)17(9-14)19(20)21(28)35/h8,10,13-15,17,19-20H,2-7,9,11H2,1H3,(H2,28,35)(H2,29,30,31,32). The Hall–Kier alpha value is -2.85. The van der Waals surface area contributed by atoms with Gasteiger partial charge in [-0.15, -0.1) is 0 Å². The first-order valence-corrected chi connectivity index (χ1v) is 12.4. The van der Waals surface area contributed by atoms with Gasteiger partial charge in [0.15, 0.2) is 0 Å². The molecule has 35 heavy (non-hydrogen) atoms. The third-order valence-electron chi connectivity index (χ3n) is 8.15. The van der Waals surface area contributed by atoms with E-state index in [0.717, 1.165) is 38.3 Å². The van der Waals surface area contributed by atoms with E-state index in [9.17, 15) is 22.8 Å². The molecule has 4 N–H and O–H groups in total. The van der Waals surface area contributed by atoms with Crippen LogP contribution in [-0.2, 0) is 15.8 Å². The lowest BCUT2D eigenvalue weighted by atomic mass is 9.71. The molecule has 2 amide bonds. The molecule has 5 rings (SSSR count). The van der Waals surface area contributed by atoms with Crippen LogP contribution in [0.3, 0.4) is 0 Å². The maximum atomic E-state index is 13.8. The van der Waals surface area contributed by atoms with Crippen LogP contribution < -0.4 is 16.4 Å². The van der Waals surface area contributed by atoms with Crippen LogP contribution in [0.15, 0.2) is 17.8 Å². The molecule has 0 radical (unpaired) electrons. The third-order valence-corrected chi connectivity index (χ3v) is 8.15. The zero-order valence-electron chi connectivity index (χ0n) is 19.6. The summed E-state index contributed by atoms with van der Waals surface area (Å²) in [5.41, 5.74) is 6.04. The number of fused-ring (bicyclic) bond motifs is 2. The predicted molar refractivity (Wildman–Crippen MR) is 123 cm³/mol. The van der Waals surface area contributed by atoms with E-state index in [0.29, 0.717) is 19.0 Å². The molecule has 1 aliphatic heterocycles. The van der Waals surface area contributed by atoms with Crippen molar-refractivity contribution in [2.45, 2.75) is 63.7 Å². The van der Waals surface area contributed by atoms with Crippen molar-refractivity contribution < 1.29 is 22.8 Å². The molecule has 8 nitrogen and oxygen atoms in total. The third kappa shape index (κ3) is 4.56. The van der Waals surface area contributed by atoms with Gasteiger partial charge in [-0.2, -0.15) is 18.2 Å². The van der Waals surface area contributed by atoms with Gasteiger partial charge in [0.2, 0.25) is 17.8 Å². The van der Waals surface area contributed by atoms with E-state index in [1.807, 2.05) is 0 Å². The second-order valence-corrected chi connectivity index (χ2v) is 10.3. The van der Waals surface area contributed by atoms with Crippen LogP contribution in [0.4, 0.5) is 24.9 Å². The van der Waals surface area contributed by atoms with Crippen LogP contribution >= 0.6 is 0 Å². The molecule has 1 aromatic heterocycles. The van der Waals surface area contributed by atoms with Crippen molar-refractivity contribution in [2.24, 2.45) is 29.4 Å². The Balaban J connectivity index is 1.39. The van der Waals surface area contributed by atoms with Crippen molar-refractivity contribution in [3.63, 3.8) is 0 Å². The number of primary amides is 1. The lowest BCUT2D eigenvalue weighted by molar-refractivity contribution is -0.137. The van der Waals surface area contributed by atoms with E-state index >= 15 is 0 Å². The number of nitrogens with zero attached hydrogens (tertiary/aromatic N) is 3. The highest BCUT2D eigenvalue weighted by Crippen LogP contribution is 2.54. The lowest BCUT2D eigenvalue weighted by Gasteiger charge is -2.36. The SMILES string of the molecule is CC(=O)N1CCCC(Nc2ncc(C(F)(F)F)c(NC3C4C=C(C5CCC5)C(C4)C3C(N)=O)n2)C1. The number of rotatable bonds is 6. The Morgan fingerprint density at radius 1 is 1.17 bits per heavy atom. The predicted octanol–water partition coefficient (Wildman–Crippen LogP) is 3.18. The molecule has 4 aliphatic rings. The Morgan fingerprint density at radius 2 is 1.94 bits per heavy atom. The van der Waals surface area contributed by atoms with Crippen molar-refractivity contribution in [3.05, 3.63) is 23.4 Å². The van der Waals surface area contributed by atoms with Crippen molar-refractivity contribution in [1.29, 1.82) is 0 Å². The summed E-state index contributed by atoms with van der Waals surface area (Å²) in [6.45, 7) is 2.59. The van der Waals surface area contributed by atoms with Crippen LogP contribution in [0.2, 0.25) is 0 Å². The number of hydrogen-bond acceptors (Lipinski definition) is 6. The molecule has 0 aromatic carbocycles. The summed E-state index contributed by atoms with van der Waals surface area (Å²) in [6, 6.07) is -0.709. The van der Waals surface area contributed by atoms with Gasteiger partial charge in [0.05, 0.1) is 5.92 Å². The largest absolute Gasteiger partial charge is 0.421 e. The number of hydrogen-bond donors (Lipinski definition) is 3. The van der Waals surface area contributed by atoms with Gasteiger partial charge in [0.1, 0.15) is 11.4 Å². The van der Waals surface area contributed by atoms with E-state index in [-0.39, 0.29) is 35.6 Å². The molecule has 3 fully saturated rings. The van der Waals surface area contributed by atoms with Gasteiger partial charge in [-0.3, -0.25) is 9.59 Å². The smallest absolute Gasteiger partial charge is 0.369 e. The van der Waals surface area contributed by atoms with Gasteiger partial charge < -0.3 is 21.3 Å². The average Bonchev–Trinajstić information content (AvgIpc) is 3.30. The summed E-state index contributed by atoms with van der Waals surface area (Å²) in [4.78, 5) is 33.9. The minimum absolute atomic E-state index is 0.0196. The molecule has 3 aliphatic carbocycles. The number of amides is 2. The lowest BCUT2D eigenvalue weighted by Crippen LogP contribution is -2.44. The number of carbonyl (C=O) groups excluding carboxylic acids is 2. The Morgan fingerprint density at radius 3 is 2.57 bits per heavy atom. The van der Waals surface area contributed by atoms with Gasteiger partial charge in [-0.1, -0.05) is 18.1 Å². The highest BCUT2D eigenvalue weighted by molar-refractivity contribution is 5.80. The monoisotopic (exact) mass is 492 g/mol. The summed E-state index contributed by atoms with van der Waals surface area (Å²) in [6.07, 6.45) is 3.87. The van der Waals surface area contributed by atoms with Gasteiger partial charge in [0, 0.05) is 38.3 Å². The second-order valence-electron chi connectivity index (χ2n) is 10.3. The Kier molecular flexibility index (Phi) is 6.13. The quantitative estimate of drug-likeness (QED) is 0.526. The van der Waals surface area contributed by atoms with Crippen LogP contribution in [0.25, 0.3) is 0 Å². The van der Waals surface area contributed by atoms with E-state index in [1.54, 1.807) is 4.90 Å². The molecular weight excluding hydrogens is 461 g/mol. The topological polar surface area (TPSA) is 113 Å². The molecule has 1 saturated heterocycles. The molecule has 11 heteroatoms. The normalized spacial score (nSPS) is 30.6. The molecular formula is C24H31F3N6O2. The summed E-state index contributed by atoms with van der Waals surface area (Å²) < 4.78 is 41.5. The van der Waals surface area contributed by atoms with Crippen LogP contribution in [-0.4, -0.2) is 51.9 Å². The minimum atomic E-state index is -4.66. The van der Waals surface area contributed by atoms with Gasteiger partial charge >= 0.3 is 6.18 Å². The number of piperidine rings is 1. The second kappa shape index (κ2) is 8.98. The zero-order chi connectivity index (χ0) is 24.9. The van der Waals surface area contributed by atoms with Crippen LogP contribution in [0.1, 0.15) is 51.0 Å². The number of nitrogens with one attached hydrogen (secondary N) is 2. The highest BCUT2D eigenvalue weighted by Gasteiger charge is 2.53. The minimum Gasteiger partial charge on any atom is -0.369 e. The first-order chi connectivity index (χ1) is 16.6. The summed E-state index contributed by atoms with van der Waals surface area (Å²) in [5.74, 6) is -1.02. The Bertz CT molecular complexity index is 1040. The molecule has 1 aromatic rings. The first-order valence-electron chi connectivity index (χ1n) is 12.4. The number of alkyl halides is 3. The fourth-order valence-corrected chi connectivity index (χ4v) is 6.23. The van der Waals surface area contributed by atoms with Crippen LogP contribution in [0.5, 0.6) is 0 Å². The number of carbonyl (C=O) groups is 2. The number of anilines is 2. The zero-order valence-corrected chi connectivity index (χ0v) is 19.6. The number of halogens is 3. The fourth-order valence-electron chi connectivity index (χ4n) is 6.23. The van der Waals surface area contributed by atoms with Crippen molar-refractivity contribution >= 4 is 23.6 Å². The first kappa shape index (κ1) is 23.9. The molecule has 0 spiro atoms. The molecule has 2 heterocycles. The number of likely N-dealkylation sites (tertiary alicyclic amines) is 1. The van der Waals surface area contributed by atoms with Gasteiger partial charge in [-0.25, -0.2) is 4.98 Å². The van der Waals surface area contributed by atoms with E-state index in [1.165, 1.54) is 18.9 Å². The molecule has 190 valence electrons. The van der Waals surface area contributed by atoms with Gasteiger partial charge in [0.25, 0.3) is 0 Å². The fraction of sp³-hybridized carbons (Fsp3) is 0.667. The van der Waals surface area contributed by atoms with Crippen molar-refractivity contribution in [3.8, 4) is 0 Å². The number of allylic oxidation sites excluding steroid dienone is 1. The van der Waals surface area contributed by atoms with Crippen LogP contribution in [0, 0.1) is 23.7 Å². The highest BCUT2D eigenvalue weighted by atomic mass is 19.4. The maximum absolute atomic E-state index is 13.8. The van der Waals surface area contributed by atoms with Crippen molar-refractivity contribution in [1.82, 2.24) is 14.9 Å². The number of aromatic nitrogens is 2. The van der Waals surface area contributed by atoms with E-state index in [2.05, 4.69) is 26.7 Å². The molecule has 2 saturated carbocycles. The summed E-state index contributed by atoms with van der Waals surface area (Å²) in [5, 5.41) is 6.05. The summed E-state index contributed by atoms with van der Waals surface area (Å²) in [7, 11) is 0. The maximum Gasteiger partial charge on any atom is 0.421 e. The molecule has 5 atom stereocenters. The van der Waals surface area contributed by atoms with Crippen molar-refractivity contribution in [2.75, 3.05) is 23.7 Å². The number of nitrogens with two attached hydrogens (primary N) is 1. The van der Waals surface area contributed by atoms with E-state index in [4.69, 9.17) is 5.73 Å². The molecule has 2 bridgehead atoms. The average molecular weight is 493 g/mol. The van der Waals surface area contributed by atoms with Gasteiger partial charge in [-0.05, 0) is 49.9 Å². The Labute approximate surface area is 201 Å². The van der Waals surface area contributed by atoms with E-state index < -0.39 is 29.6 Å². The molecule has 5 unspecified atom stereocenters.